The van der Waals surface area contributed by atoms with Gasteiger partial charge in [-0.25, -0.2) is 9.59 Å². The van der Waals surface area contributed by atoms with Gasteiger partial charge in [0.1, 0.15) is 11.4 Å². The number of carbonyl (C=O) groups is 2. The highest BCUT2D eigenvalue weighted by molar-refractivity contribution is 5.98. The SMILES string of the molecule is COC(=O)/C=C(/Nc1cc(Oc2ccccc2OC)cc([N+](=O)[O-])c1)C(=O)OC. The fraction of sp³-hybridized carbons (Fsp3) is 0.158. The van der Waals surface area contributed by atoms with E-state index >= 15 is 0 Å². The standard InChI is InChI=1S/C19H18N2O8/c1-26-16-6-4-5-7-17(16)29-14-9-12(8-13(10-14)21(24)25)20-15(19(23)28-3)11-18(22)27-2/h4-11,20H,1-3H3/b15-11+. The molecule has 29 heavy (non-hydrogen) atoms. The summed E-state index contributed by atoms with van der Waals surface area (Å²) in [6.07, 6.45) is 0.866. The molecular weight excluding hydrogens is 384 g/mol. The van der Waals surface area contributed by atoms with Crippen molar-refractivity contribution in [2.24, 2.45) is 0 Å². The number of methoxy groups -OCH3 is 3. The molecule has 0 fully saturated rings. The first kappa shape index (κ1) is 21.2. The van der Waals surface area contributed by atoms with Gasteiger partial charge in [0.05, 0.1) is 38.4 Å². The summed E-state index contributed by atoms with van der Waals surface area (Å²) in [5, 5.41) is 13.9. The quantitative estimate of drug-likeness (QED) is 0.307. The van der Waals surface area contributed by atoms with E-state index in [4.69, 9.17) is 9.47 Å². The molecular formula is C19H18N2O8. The number of para-hydroxylation sites is 2. The molecule has 0 aliphatic rings. The smallest absolute Gasteiger partial charge is 0.354 e. The molecule has 0 unspecified atom stereocenters. The average molecular weight is 402 g/mol. The second-order valence-electron chi connectivity index (χ2n) is 5.42. The van der Waals surface area contributed by atoms with E-state index in [0.29, 0.717) is 11.5 Å². The molecule has 2 aromatic carbocycles. The lowest BCUT2D eigenvalue weighted by Gasteiger charge is -2.13. The number of hydrogen-bond acceptors (Lipinski definition) is 9. The van der Waals surface area contributed by atoms with Gasteiger partial charge in [0.25, 0.3) is 5.69 Å². The maximum Gasteiger partial charge on any atom is 0.354 e. The van der Waals surface area contributed by atoms with Crippen molar-refractivity contribution in [1.29, 1.82) is 0 Å². The summed E-state index contributed by atoms with van der Waals surface area (Å²) >= 11 is 0. The molecule has 0 saturated carbocycles. The van der Waals surface area contributed by atoms with Crippen molar-refractivity contribution in [3.8, 4) is 17.2 Å². The van der Waals surface area contributed by atoms with Gasteiger partial charge < -0.3 is 24.3 Å². The Morgan fingerprint density at radius 1 is 1.03 bits per heavy atom. The number of rotatable bonds is 8. The predicted octanol–water partition coefficient (Wildman–Crippen LogP) is 3.04. The highest BCUT2D eigenvalue weighted by atomic mass is 16.6. The van der Waals surface area contributed by atoms with Crippen LogP contribution in [0, 0.1) is 10.1 Å². The van der Waals surface area contributed by atoms with Crippen molar-refractivity contribution in [1.82, 2.24) is 0 Å². The molecule has 0 amide bonds. The molecule has 2 rings (SSSR count). The number of hydrogen-bond donors (Lipinski definition) is 1. The monoisotopic (exact) mass is 402 g/mol. The molecule has 0 radical (unpaired) electrons. The first-order valence-electron chi connectivity index (χ1n) is 8.13. The molecule has 0 atom stereocenters. The fourth-order valence-corrected chi connectivity index (χ4v) is 2.24. The van der Waals surface area contributed by atoms with Crippen LogP contribution in [0.15, 0.2) is 54.2 Å². The molecule has 10 heteroatoms. The first-order chi connectivity index (χ1) is 13.9. The van der Waals surface area contributed by atoms with Crippen LogP contribution in [0.4, 0.5) is 11.4 Å². The number of carbonyl (C=O) groups excluding carboxylic acids is 2. The number of ether oxygens (including phenoxy) is 4. The van der Waals surface area contributed by atoms with Crippen LogP contribution in [0.5, 0.6) is 17.2 Å². The van der Waals surface area contributed by atoms with Crippen molar-refractivity contribution < 1.29 is 33.5 Å². The maximum absolute atomic E-state index is 11.9. The Kier molecular flexibility index (Phi) is 7.13. The third-order valence-corrected chi connectivity index (χ3v) is 3.55. The molecule has 10 nitrogen and oxygen atoms in total. The number of nitro benzene ring substituents is 1. The number of benzene rings is 2. The Balaban J connectivity index is 2.44. The van der Waals surface area contributed by atoms with Crippen LogP contribution in [-0.2, 0) is 19.1 Å². The van der Waals surface area contributed by atoms with Gasteiger partial charge in [0.15, 0.2) is 11.5 Å². The summed E-state index contributed by atoms with van der Waals surface area (Å²) in [7, 11) is 3.72. The minimum Gasteiger partial charge on any atom is -0.493 e. The Morgan fingerprint density at radius 3 is 2.31 bits per heavy atom. The lowest BCUT2D eigenvalue weighted by atomic mass is 10.2. The van der Waals surface area contributed by atoms with Crippen LogP contribution in [0.3, 0.4) is 0 Å². The zero-order valence-electron chi connectivity index (χ0n) is 15.8. The van der Waals surface area contributed by atoms with Gasteiger partial charge in [-0.1, -0.05) is 12.1 Å². The van der Waals surface area contributed by atoms with Gasteiger partial charge in [-0.3, -0.25) is 10.1 Å². The lowest BCUT2D eigenvalue weighted by Crippen LogP contribution is -2.15. The predicted molar refractivity (Wildman–Crippen MR) is 102 cm³/mol. The van der Waals surface area contributed by atoms with Gasteiger partial charge >= 0.3 is 11.9 Å². The Labute approximate surface area is 165 Å². The van der Waals surface area contributed by atoms with E-state index in [1.807, 2.05) is 0 Å². The second-order valence-corrected chi connectivity index (χ2v) is 5.42. The zero-order valence-corrected chi connectivity index (χ0v) is 15.8. The Morgan fingerprint density at radius 2 is 1.72 bits per heavy atom. The topological polar surface area (TPSA) is 126 Å². The summed E-state index contributed by atoms with van der Waals surface area (Å²) in [5.41, 5.74) is -0.463. The number of nitrogens with zero attached hydrogens (tertiary/aromatic N) is 1. The molecule has 0 aliphatic carbocycles. The highest BCUT2D eigenvalue weighted by Crippen LogP contribution is 2.34. The molecule has 1 N–H and O–H groups in total. The van der Waals surface area contributed by atoms with Crippen molar-refractivity contribution in [2.45, 2.75) is 0 Å². The van der Waals surface area contributed by atoms with E-state index in [0.717, 1.165) is 20.3 Å². The van der Waals surface area contributed by atoms with E-state index in [-0.39, 0.29) is 22.8 Å². The molecule has 2 aromatic rings. The second kappa shape index (κ2) is 9.74. The van der Waals surface area contributed by atoms with Gasteiger partial charge in [-0.15, -0.1) is 0 Å². The molecule has 152 valence electrons. The van der Waals surface area contributed by atoms with E-state index in [1.165, 1.54) is 25.3 Å². The average Bonchev–Trinajstić information content (AvgIpc) is 2.72. The van der Waals surface area contributed by atoms with Crippen LogP contribution in [0.1, 0.15) is 0 Å². The molecule has 0 heterocycles. The van der Waals surface area contributed by atoms with E-state index in [9.17, 15) is 19.7 Å². The Bertz CT molecular complexity index is 955. The number of non-ortho nitro benzene ring substituents is 1. The molecule has 0 aromatic heterocycles. The van der Waals surface area contributed by atoms with E-state index in [1.54, 1.807) is 24.3 Å². The third-order valence-electron chi connectivity index (χ3n) is 3.55. The van der Waals surface area contributed by atoms with Crippen LogP contribution in [0.25, 0.3) is 0 Å². The van der Waals surface area contributed by atoms with E-state index in [2.05, 4.69) is 14.8 Å². The summed E-state index contributed by atoms with van der Waals surface area (Å²) in [6, 6.07) is 10.5. The number of nitro groups is 1. The van der Waals surface area contributed by atoms with Crippen LogP contribution < -0.4 is 14.8 Å². The molecule has 0 bridgehead atoms. The van der Waals surface area contributed by atoms with Gasteiger partial charge in [-0.2, -0.15) is 0 Å². The van der Waals surface area contributed by atoms with Gasteiger partial charge in [0, 0.05) is 17.8 Å². The number of esters is 2. The van der Waals surface area contributed by atoms with Gasteiger partial charge in [-0.05, 0) is 12.1 Å². The first-order valence-corrected chi connectivity index (χ1v) is 8.13. The minimum absolute atomic E-state index is 0.105. The van der Waals surface area contributed by atoms with Crippen LogP contribution >= 0.6 is 0 Å². The minimum atomic E-state index is -0.867. The number of nitrogens with one attached hydrogen (secondary N) is 1. The summed E-state index contributed by atoms with van der Waals surface area (Å²) in [5.74, 6) is -0.814. The largest absolute Gasteiger partial charge is 0.493 e. The molecule has 0 aliphatic heterocycles. The Hall–Kier alpha value is -4.08. The fourth-order valence-electron chi connectivity index (χ4n) is 2.24. The zero-order chi connectivity index (χ0) is 21.4. The van der Waals surface area contributed by atoms with Crippen LogP contribution in [0.2, 0.25) is 0 Å². The van der Waals surface area contributed by atoms with Crippen molar-refractivity contribution in [2.75, 3.05) is 26.6 Å². The lowest BCUT2D eigenvalue weighted by molar-refractivity contribution is -0.384. The maximum atomic E-state index is 11.9. The van der Waals surface area contributed by atoms with Crippen molar-refractivity contribution >= 4 is 23.3 Å². The summed E-state index contributed by atoms with van der Waals surface area (Å²) < 4.78 is 20.0. The third kappa shape index (κ3) is 5.70. The highest BCUT2D eigenvalue weighted by Gasteiger charge is 2.17. The van der Waals surface area contributed by atoms with Crippen molar-refractivity contribution in [3.63, 3.8) is 0 Å². The summed E-state index contributed by atoms with van der Waals surface area (Å²) in [6.45, 7) is 0. The molecule has 0 spiro atoms. The van der Waals surface area contributed by atoms with Crippen molar-refractivity contribution in [3.05, 3.63) is 64.4 Å². The summed E-state index contributed by atoms with van der Waals surface area (Å²) in [4.78, 5) is 34.1. The normalized spacial score (nSPS) is 10.7. The molecule has 0 saturated heterocycles. The van der Waals surface area contributed by atoms with Crippen LogP contribution in [-0.4, -0.2) is 38.2 Å². The van der Waals surface area contributed by atoms with Gasteiger partial charge in [0.2, 0.25) is 0 Å². The number of anilines is 1. The van der Waals surface area contributed by atoms with E-state index < -0.39 is 16.9 Å².